The zero-order valence-corrected chi connectivity index (χ0v) is 7.72. The first kappa shape index (κ1) is 9.80. The van der Waals surface area contributed by atoms with Crippen molar-refractivity contribution in [3.8, 4) is 0 Å². The first-order valence-electron chi connectivity index (χ1n) is 3.70. The fourth-order valence-electron chi connectivity index (χ4n) is 0.788. The number of aromatic nitrogens is 1. The molecule has 70 valence electrons. The molecule has 1 aromatic rings. The molecule has 5 heteroatoms. The summed E-state index contributed by atoms with van der Waals surface area (Å²) in [4.78, 5) is 24.2. The summed E-state index contributed by atoms with van der Waals surface area (Å²) in [5.41, 5.74) is -0.179. The van der Waals surface area contributed by atoms with E-state index in [1.807, 2.05) is 0 Å². The van der Waals surface area contributed by atoms with Gasteiger partial charge in [0.05, 0.1) is 12.2 Å². The van der Waals surface area contributed by atoms with E-state index in [-0.39, 0.29) is 17.2 Å². The van der Waals surface area contributed by atoms with E-state index in [2.05, 4.69) is 4.98 Å². The third-order valence-corrected chi connectivity index (χ3v) is 1.65. The predicted octanol–water partition coefficient (Wildman–Crippen LogP) is 1.21. The maximum Gasteiger partial charge on any atom is 0.339 e. The molecule has 0 atom stereocenters. The summed E-state index contributed by atoms with van der Waals surface area (Å²) in [5.74, 6) is -0.499. The van der Waals surface area contributed by atoms with Crippen molar-refractivity contribution in [2.75, 3.05) is 6.61 Å². The first-order valence-corrected chi connectivity index (χ1v) is 4.08. The molecule has 0 fully saturated rings. The number of H-pyrrole nitrogens is 1. The van der Waals surface area contributed by atoms with Gasteiger partial charge in [0.2, 0.25) is 0 Å². The van der Waals surface area contributed by atoms with Crippen LogP contribution in [0.15, 0.2) is 17.1 Å². The number of rotatable bonds is 2. The second-order valence-electron chi connectivity index (χ2n) is 2.29. The van der Waals surface area contributed by atoms with E-state index in [1.165, 1.54) is 12.3 Å². The van der Waals surface area contributed by atoms with Crippen LogP contribution in [0.1, 0.15) is 17.3 Å². The Hall–Kier alpha value is -1.29. The van der Waals surface area contributed by atoms with Crippen molar-refractivity contribution in [1.29, 1.82) is 0 Å². The zero-order chi connectivity index (χ0) is 9.84. The molecule has 0 saturated heterocycles. The lowest BCUT2D eigenvalue weighted by Gasteiger charge is -2.00. The molecule has 1 aromatic heterocycles. The van der Waals surface area contributed by atoms with E-state index in [4.69, 9.17) is 16.3 Å². The van der Waals surface area contributed by atoms with Crippen LogP contribution in [-0.4, -0.2) is 17.6 Å². The van der Waals surface area contributed by atoms with Gasteiger partial charge < -0.3 is 9.72 Å². The Morgan fingerprint density at radius 3 is 2.92 bits per heavy atom. The largest absolute Gasteiger partial charge is 0.462 e. The third-order valence-electron chi connectivity index (χ3n) is 1.37. The molecule has 1 heterocycles. The average Bonchev–Trinajstić information content (AvgIpc) is 2.10. The number of aromatic amines is 1. The number of ether oxygens (including phenoxy) is 1. The van der Waals surface area contributed by atoms with Crippen LogP contribution in [0, 0.1) is 0 Å². The monoisotopic (exact) mass is 201 g/mol. The molecule has 0 aliphatic rings. The highest BCUT2D eigenvalue weighted by Crippen LogP contribution is 2.05. The van der Waals surface area contributed by atoms with Crippen LogP contribution in [0.4, 0.5) is 0 Å². The number of pyridine rings is 1. The quantitative estimate of drug-likeness (QED) is 0.732. The van der Waals surface area contributed by atoms with Crippen LogP contribution in [0.25, 0.3) is 0 Å². The Labute approximate surface area is 79.5 Å². The number of halogens is 1. The van der Waals surface area contributed by atoms with Crippen LogP contribution >= 0.6 is 11.6 Å². The number of nitrogens with one attached hydrogen (secondary N) is 1. The molecule has 0 amide bonds. The van der Waals surface area contributed by atoms with E-state index in [1.54, 1.807) is 6.92 Å². The van der Waals surface area contributed by atoms with E-state index >= 15 is 0 Å². The molecule has 0 saturated carbocycles. The zero-order valence-electron chi connectivity index (χ0n) is 6.96. The van der Waals surface area contributed by atoms with Gasteiger partial charge in [-0.2, -0.15) is 0 Å². The number of hydrogen-bond donors (Lipinski definition) is 1. The smallest absolute Gasteiger partial charge is 0.339 e. The van der Waals surface area contributed by atoms with Gasteiger partial charge in [0.15, 0.2) is 0 Å². The minimum absolute atomic E-state index is 0.0226. The highest BCUT2D eigenvalue weighted by molar-refractivity contribution is 6.30. The second kappa shape index (κ2) is 4.09. The molecule has 1 N–H and O–H groups in total. The molecular formula is C8H8ClNO3. The van der Waals surface area contributed by atoms with Crippen LogP contribution in [0.2, 0.25) is 5.02 Å². The summed E-state index contributed by atoms with van der Waals surface area (Å²) in [6.07, 6.45) is 1.27. The lowest BCUT2D eigenvalue weighted by molar-refractivity contribution is 0.0526. The fourth-order valence-corrected chi connectivity index (χ4v) is 0.960. The van der Waals surface area contributed by atoms with Crippen molar-refractivity contribution in [2.24, 2.45) is 0 Å². The standard InChI is InChI=1S/C8H8ClNO3/c1-2-13-8(12)5-3-6(9)7(11)10-4-5/h3-4H,2H2,1H3,(H,10,11). The topological polar surface area (TPSA) is 59.2 Å². The van der Waals surface area contributed by atoms with E-state index in [0.717, 1.165) is 0 Å². The number of carbonyl (C=O) groups is 1. The van der Waals surface area contributed by atoms with Crippen molar-refractivity contribution < 1.29 is 9.53 Å². The van der Waals surface area contributed by atoms with Gasteiger partial charge in [-0.3, -0.25) is 4.79 Å². The first-order chi connectivity index (χ1) is 6.15. The molecular weight excluding hydrogens is 194 g/mol. The van der Waals surface area contributed by atoms with Crippen LogP contribution < -0.4 is 5.56 Å². The van der Waals surface area contributed by atoms with Gasteiger partial charge in [0, 0.05) is 6.20 Å². The molecule has 0 radical (unpaired) electrons. The average molecular weight is 202 g/mol. The van der Waals surface area contributed by atoms with E-state index in [9.17, 15) is 9.59 Å². The minimum Gasteiger partial charge on any atom is -0.462 e. The summed E-state index contributed by atoms with van der Waals surface area (Å²) in [7, 11) is 0. The van der Waals surface area contributed by atoms with Crippen molar-refractivity contribution in [3.63, 3.8) is 0 Å². The SMILES string of the molecule is CCOC(=O)c1c[nH]c(=O)c(Cl)c1. The molecule has 4 nitrogen and oxygen atoms in total. The molecule has 0 aliphatic carbocycles. The van der Waals surface area contributed by atoms with Crippen molar-refractivity contribution in [1.82, 2.24) is 4.98 Å². The van der Waals surface area contributed by atoms with Crippen LogP contribution in [-0.2, 0) is 4.74 Å². The minimum atomic E-state index is -0.499. The van der Waals surface area contributed by atoms with Crippen molar-refractivity contribution in [2.45, 2.75) is 6.92 Å². The fraction of sp³-hybridized carbons (Fsp3) is 0.250. The van der Waals surface area contributed by atoms with Crippen LogP contribution in [0.5, 0.6) is 0 Å². The van der Waals surface area contributed by atoms with Crippen molar-refractivity contribution >= 4 is 17.6 Å². The number of esters is 1. The van der Waals surface area contributed by atoms with E-state index < -0.39 is 11.5 Å². The summed E-state index contributed by atoms with van der Waals surface area (Å²) < 4.78 is 4.70. The van der Waals surface area contributed by atoms with Gasteiger partial charge in [0.1, 0.15) is 5.02 Å². The Morgan fingerprint density at radius 2 is 2.38 bits per heavy atom. The maximum absolute atomic E-state index is 11.1. The van der Waals surface area contributed by atoms with Gasteiger partial charge in [0.25, 0.3) is 5.56 Å². The summed E-state index contributed by atoms with van der Waals surface area (Å²) in [5, 5.41) is -0.0226. The van der Waals surface area contributed by atoms with Crippen molar-refractivity contribution in [3.05, 3.63) is 33.2 Å². The van der Waals surface area contributed by atoms with Gasteiger partial charge in [-0.25, -0.2) is 4.79 Å². The normalized spacial score (nSPS) is 9.69. The Morgan fingerprint density at radius 1 is 1.69 bits per heavy atom. The molecule has 0 bridgehead atoms. The highest BCUT2D eigenvalue weighted by atomic mass is 35.5. The lowest BCUT2D eigenvalue weighted by Crippen LogP contribution is -2.11. The van der Waals surface area contributed by atoms with Gasteiger partial charge >= 0.3 is 5.97 Å². The number of carbonyl (C=O) groups excluding carboxylic acids is 1. The Bertz CT molecular complexity index is 372. The summed E-state index contributed by atoms with van der Waals surface area (Å²) >= 11 is 5.51. The molecule has 0 spiro atoms. The summed E-state index contributed by atoms with van der Waals surface area (Å²) in [6.45, 7) is 1.99. The highest BCUT2D eigenvalue weighted by Gasteiger charge is 2.07. The Balaban J connectivity index is 2.97. The molecule has 0 aromatic carbocycles. The van der Waals surface area contributed by atoms with Gasteiger partial charge in [-0.15, -0.1) is 0 Å². The molecule has 0 aliphatic heterocycles. The maximum atomic E-state index is 11.1. The second-order valence-corrected chi connectivity index (χ2v) is 2.69. The third kappa shape index (κ3) is 2.32. The van der Waals surface area contributed by atoms with Gasteiger partial charge in [-0.05, 0) is 13.0 Å². The Kier molecular flexibility index (Phi) is 3.08. The lowest BCUT2D eigenvalue weighted by atomic mass is 10.3. The summed E-state index contributed by atoms with van der Waals surface area (Å²) in [6, 6.07) is 1.28. The number of hydrogen-bond acceptors (Lipinski definition) is 3. The van der Waals surface area contributed by atoms with Crippen LogP contribution in [0.3, 0.4) is 0 Å². The van der Waals surface area contributed by atoms with Gasteiger partial charge in [-0.1, -0.05) is 11.6 Å². The molecule has 13 heavy (non-hydrogen) atoms. The molecule has 1 rings (SSSR count). The predicted molar refractivity (Wildman–Crippen MR) is 48.0 cm³/mol. The molecule has 0 unspecified atom stereocenters. The van der Waals surface area contributed by atoms with E-state index in [0.29, 0.717) is 0 Å².